The molecule has 0 radical (unpaired) electrons. The van der Waals surface area contributed by atoms with E-state index in [0.29, 0.717) is 63.8 Å². The second-order valence-electron chi connectivity index (χ2n) is 16.4. The van der Waals surface area contributed by atoms with Gasteiger partial charge in [0.25, 0.3) is 11.8 Å². The van der Waals surface area contributed by atoms with Crippen molar-refractivity contribution in [3.8, 4) is 40.7 Å². The van der Waals surface area contributed by atoms with Crippen LogP contribution in [0.2, 0.25) is 0 Å². The number of fused-ring (bicyclic) bond motifs is 1. The van der Waals surface area contributed by atoms with Crippen LogP contribution in [0.3, 0.4) is 0 Å². The van der Waals surface area contributed by atoms with E-state index in [1.54, 1.807) is 73.2 Å². The average Bonchev–Trinajstić information content (AvgIpc) is 3.46. The largest absolute Gasteiger partial charge is 0.484 e. The molecule has 0 unspecified atom stereocenters. The summed E-state index contributed by atoms with van der Waals surface area (Å²) in [6.45, 7) is 10.4. The molecular weight excluding hydrogens is 823 g/mol. The molecule has 18 heteroatoms. The van der Waals surface area contributed by atoms with Crippen LogP contribution in [-0.2, 0) is 20.9 Å². The smallest absolute Gasteiger partial charge is 0.326 e. The van der Waals surface area contributed by atoms with Crippen LogP contribution in [0.25, 0.3) is 11.3 Å². The lowest BCUT2D eigenvalue weighted by molar-refractivity contribution is -0.142. The molecule has 0 fully saturated rings. The van der Waals surface area contributed by atoms with E-state index in [2.05, 4.69) is 36.6 Å². The normalized spacial score (nSPS) is 13.3. The van der Waals surface area contributed by atoms with Gasteiger partial charge >= 0.3 is 12.0 Å². The number of amides is 2. The Bertz CT molecular complexity index is 2500. The number of pyridine rings is 3. The molecule has 1 aliphatic heterocycles. The molecule has 3 N–H and O–H groups in total. The van der Waals surface area contributed by atoms with Crippen molar-refractivity contribution in [3.63, 3.8) is 0 Å². The van der Waals surface area contributed by atoms with E-state index in [-0.39, 0.29) is 68.5 Å². The van der Waals surface area contributed by atoms with Gasteiger partial charge in [0.15, 0.2) is 12.4 Å². The summed E-state index contributed by atoms with van der Waals surface area (Å²) in [6, 6.07) is 17.9. The number of carboxylic acid groups (broad SMARTS) is 1. The van der Waals surface area contributed by atoms with Gasteiger partial charge in [-0.1, -0.05) is 32.9 Å². The number of ketones is 1. The Morgan fingerprint density at radius 1 is 0.922 bits per heavy atom. The first kappa shape index (κ1) is 46.0. The molecular formula is C46H49N9O9. The molecule has 6 rings (SSSR count). The van der Waals surface area contributed by atoms with Crippen LogP contribution in [0.5, 0.6) is 23.4 Å². The highest BCUT2D eigenvalue weighted by atomic mass is 16.5. The first-order valence-corrected chi connectivity index (χ1v) is 20.5. The van der Waals surface area contributed by atoms with Gasteiger partial charge in [-0.3, -0.25) is 14.4 Å². The van der Waals surface area contributed by atoms with E-state index in [1.165, 1.54) is 6.20 Å². The maximum atomic E-state index is 13.3. The second kappa shape index (κ2) is 20.6. The summed E-state index contributed by atoms with van der Waals surface area (Å²) < 4.78 is 22.6. The van der Waals surface area contributed by atoms with Crippen LogP contribution < -0.4 is 29.7 Å². The molecule has 1 aromatic carbocycles. The number of benzene rings is 1. The van der Waals surface area contributed by atoms with Gasteiger partial charge in [-0.25, -0.2) is 29.7 Å². The predicted octanol–water partition coefficient (Wildman–Crippen LogP) is 5.57. The van der Waals surface area contributed by atoms with Crippen LogP contribution in [0.1, 0.15) is 79.4 Å². The first-order valence-electron chi connectivity index (χ1n) is 20.5. The second-order valence-corrected chi connectivity index (χ2v) is 16.4. The van der Waals surface area contributed by atoms with Crippen molar-refractivity contribution < 1.29 is 43.2 Å². The molecule has 0 aliphatic carbocycles. The quantitative estimate of drug-likeness (QED) is 0.0810. The predicted molar refractivity (Wildman–Crippen MR) is 232 cm³/mol. The van der Waals surface area contributed by atoms with Crippen molar-refractivity contribution >= 4 is 29.4 Å². The van der Waals surface area contributed by atoms with Crippen LogP contribution in [-0.4, -0.2) is 98.1 Å². The molecule has 0 spiro atoms. The molecule has 18 nitrogen and oxygen atoms in total. The molecule has 5 aromatic rings. The highest BCUT2D eigenvalue weighted by molar-refractivity contribution is 6.13. The van der Waals surface area contributed by atoms with E-state index < -0.39 is 23.5 Å². The number of carbonyl (C=O) groups excluding carboxylic acids is 3. The van der Waals surface area contributed by atoms with E-state index in [0.717, 1.165) is 0 Å². The molecule has 4 aromatic heterocycles. The minimum absolute atomic E-state index is 0.0687. The van der Waals surface area contributed by atoms with Crippen molar-refractivity contribution in [2.45, 2.75) is 65.6 Å². The Kier molecular flexibility index (Phi) is 14.8. The zero-order valence-electron chi connectivity index (χ0n) is 36.2. The molecule has 5 heterocycles. The fourth-order valence-electron chi connectivity index (χ4n) is 6.52. The Balaban J connectivity index is 0.894. The fourth-order valence-corrected chi connectivity index (χ4v) is 6.52. The number of carboxylic acids is 1. The summed E-state index contributed by atoms with van der Waals surface area (Å²) in [5.41, 5.74) is 2.01. The first-order chi connectivity index (χ1) is 30.6. The van der Waals surface area contributed by atoms with Gasteiger partial charge in [0.05, 0.1) is 35.6 Å². The molecule has 1 aliphatic rings. The number of Topliss-reactive ketones (excluding diaryl/α,β-unsaturated/α-hetero) is 1. The molecule has 0 saturated heterocycles. The lowest BCUT2D eigenvalue weighted by Gasteiger charge is -2.32. The molecule has 64 heavy (non-hydrogen) atoms. The Hall–Kier alpha value is -7.52. The number of nitrogens with zero attached hydrogens (tertiary/aromatic N) is 7. The number of carbonyl (C=O) groups is 4. The van der Waals surface area contributed by atoms with Crippen LogP contribution in [0, 0.1) is 16.7 Å². The summed E-state index contributed by atoms with van der Waals surface area (Å²) in [4.78, 5) is 73.7. The van der Waals surface area contributed by atoms with Gasteiger partial charge in [-0.2, -0.15) is 5.26 Å². The number of aliphatic carboxylic acids is 1. The van der Waals surface area contributed by atoms with E-state index in [1.807, 2.05) is 45.6 Å². The van der Waals surface area contributed by atoms with Crippen LogP contribution in [0.15, 0.2) is 85.5 Å². The van der Waals surface area contributed by atoms with E-state index >= 15 is 0 Å². The van der Waals surface area contributed by atoms with Gasteiger partial charge < -0.3 is 39.6 Å². The van der Waals surface area contributed by atoms with Crippen molar-refractivity contribution in [1.29, 1.82) is 5.26 Å². The number of ether oxygens (including phenoxy) is 4. The molecule has 1 atom stereocenters. The summed E-state index contributed by atoms with van der Waals surface area (Å²) in [5, 5.41) is 24.3. The lowest BCUT2D eigenvalue weighted by atomic mass is 9.88. The summed E-state index contributed by atoms with van der Waals surface area (Å²) in [6.07, 6.45) is 7.02. The van der Waals surface area contributed by atoms with E-state index in [4.69, 9.17) is 23.9 Å². The van der Waals surface area contributed by atoms with Crippen molar-refractivity contribution in [2.75, 3.05) is 37.9 Å². The minimum Gasteiger partial charge on any atom is -0.484 e. The van der Waals surface area contributed by atoms with Crippen LogP contribution >= 0.6 is 0 Å². The monoisotopic (exact) mass is 871 g/mol. The SMILES string of the molecule is CC(C)(C)CC[C@H](NC(=O)COc1cccc(Oc2ccc(C(=O)NCCOCCOc3ncc(-c4ccc5c(n4)N(Cc4cccnc4C#N)C(C)(C)C5=O)cn3)cn2)c1)C(=O)O. The number of anilines is 1. The van der Waals surface area contributed by atoms with Gasteiger partial charge in [-0.15, -0.1) is 0 Å². The summed E-state index contributed by atoms with van der Waals surface area (Å²) in [5.74, 6) is -0.649. The van der Waals surface area contributed by atoms with Crippen LogP contribution in [0.4, 0.5) is 5.82 Å². The minimum atomic E-state index is -1.10. The Morgan fingerprint density at radius 3 is 2.42 bits per heavy atom. The van der Waals surface area contributed by atoms with E-state index in [9.17, 15) is 29.5 Å². The Morgan fingerprint density at radius 2 is 1.70 bits per heavy atom. The van der Waals surface area contributed by atoms with Crippen molar-refractivity contribution in [2.24, 2.45) is 5.41 Å². The number of aromatic nitrogens is 5. The van der Waals surface area contributed by atoms with Gasteiger partial charge in [-0.05, 0) is 68.5 Å². The highest BCUT2D eigenvalue weighted by Gasteiger charge is 2.45. The summed E-state index contributed by atoms with van der Waals surface area (Å²) in [7, 11) is 0. The average molecular weight is 872 g/mol. The number of nitrogens with one attached hydrogen (secondary N) is 2. The molecule has 332 valence electrons. The summed E-state index contributed by atoms with van der Waals surface area (Å²) >= 11 is 0. The molecule has 0 bridgehead atoms. The van der Waals surface area contributed by atoms with Gasteiger partial charge in [0, 0.05) is 61.1 Å². The van der Waals surface area contributed by atoms with Crippen molar-refractivity contribution in [1.82, 2.24) is 35.6 Å². The number of rotatable bonds is 20. The number of nitriles is 1. The fraction of sp³-hybridized carbons (Fsp3) is 0.348. The standard InChI is InChI=1S/C46H49N9O9/c1-45(2,3)16-15-36(43(59)60)53-38(56)28-63-32-9-6-10-33(22-32)64-39-14-11-29(24-50-39)42(58)49-18-19-61-20-21-62-44-51-25-31(26-52-44)35-13-12-34-40(57)46(4,5)55(41(34)54-35)27-30-8-7-17-48-37(30)23-47/h6-14,17,22,24-26,36H,15-16,18-21,27-28H2,1-5H3,(H,49,58)(H,53,56)(H,59,60)/t36-/m0/s1. The highest BCUT2D eigenvalue weighted by Crippen LogP contribution is 2.40. The third kappa shape index (κ3) is 12.1. The maximum Gasteiger partial charge on any atom is 0.326 e. The topological polar surface area (TPSA) is 241 Å². The zero-order chi connectivity index (χ0) is 45.9. The third-order valence-electron chi connectivity index (χ3n) is 10.1. The third-order valence-corrected chi connectivity index (χ3v) is 10.1. The Labute approximate surface area is 370 Å². The maximum absolute atomic E-state index is 13.3. The molecule has 2 amide bonds. The zero-order valence-corrected chi connectivity index (χ0v) is 36.2. The van der Waals surface area contributed by atoms with Gasteiger partial charge in [0.2, 0.25) is 5.88 Å². The molecule has 0 saturated carbocycles. The van der Waals surface area contributed by atoms with Gasteiger partial charge in [0.1, 0.15) is 41.7 Å². The van der Waals surface area contributed by atoms with Crippen molar-refractivity contribution in [3.05, 3.63) is 108 Å². The lowest BCUT2D eigenvalue weighted by Crippen LogP contribution is -2.44. The number of hydrogen-bond donors (Lipinski definition) is 3. The number of hydrogen-bond acceptors (Lipinski definition) is 15.